The summed E-state index contributed by atoms with van der Waals surface area (Å²) >= 11 is 0. The Labute approximate surface area is 147 Å². The average Bonchev–Trinajstić information content (AvgIpc) is 2.30. The maximum Gasteiger partial charge on any atom is 0.346 e. The molecule has 0 atom stereocenters. The minimum Gasteiger partial charge on any atom is -0.330 e. The molecule has 0 fully saturated rings. The number of rotatable bonds is 12. The Bertz CT molecular complexity index is 387. The summed E-state index contributed by atoms with van der Waals surface area (Å²) in [5.41, 5.74) is 5.68. The van der Waals surface area contributed by atoms with Crippen LogP contribution < -0.4 is 5.73 Å². The zero-order valence-electron chi connectivity index (χ0n) is 16.2. The van der Waals surface area contributed by atoms with Crippen molar-refractivity contribution in [2.24, 2.45) is 5.73 Å². The molecular formula is C15H35NO6P2. The van der Waals surface area contributed by atoms with Crippen LogP contribution in [0, 0.1) is 0 Å². The fourth-order valence-electron chi connectivity index (χ4n) is 2.14. The summed E-state index contributed by atoms with van der Waals surface area (Å²) < 4.78 is 49.5. The SMILES string of the molecule is CC(C)OP(=O)(OC(C)C)C(CCN)P(=O)(OC(C)C)OC(C)C. The molecule has 0 heterocycles. The number of hydrogen-bond acceptors (Lipinski definition) is 7. The van der Waals surface area contributed by atoms with Crippen LogP contribution in [0.3, 0.4) is 0 Å². The predicted octanol–water partition coefficient (Wildman–Crippen LogP) is 4.75. The lowest BCUT2D eigenvalue weighted by Crippen LogP contribution is -2.25. The molecule has 7 nitrogen and oxygen atoms in total. The Morgan fingerprint density at radius 3 is 1.08 bits per heavy atom. The van der Waals surface area contributed by atoms with Crippen molar-refractivity contribution >= 4 is 15.2 Å². The molecule has 0 saturated carbocycles. The van der Waals surface area contributed by atoms with Gasteiger partial charge in [-0.25, -0.2) is 0 Å². The molecule has 0 saturated heterocycles. The summed E-state index contributed by atoms with van der Waals surface area (Å²) in [6.07, 6.45) is -1.35. The van der Waals surface area contributed by atoms with Gasteiger partial charge in [0, 0.05) is 0 Å². The monoisotopic (exact) mass is 387 g/mol. The van der Waals surface area contributed by atoms with Gasteiger partial charge >= 0.3 is 15.2 Å². The van der Waals surface area contributed by atoms with Gasteiger partial charge < -0.3 is 23.8 Å². The van der Waals surface area contributed by atoms with Crippen molar-refractivity contribution in [3.05, 3.63) is 0 Å². The van der Waals surface area contributed by atoms with Crippen LogP contribution in [0.2, 0.25) is 0 Å². The minimum atomic E-state index is -3.79. The second kappa shape index (κ2) is 10.4. The van der Waals surface area contributed by atoms with E-state index in [0.29, 0.717) is 0 Å². The molecule has 9 heteroatoms. The van der Waals surface area contributed by atoms with Crippen molar-refractivity contribution < 1.29 is 27.2 Å². The Morgan fingerprint density at radius 2 is 0.917 bits per heavy atom. The van der Waals surface area contributed by atoms with E-state index in [1.54, 1.807) is 55.4 Å². The molecule has 0 bridgehead atoms. The quantitative estimate of drug-likeness (QED) is 0.483. The Morgan fingerprint density at radius 1 is 0.667 bits per heavy atom. The average molecular weight is 387 g/mol. The second-order valence-electron chi connectivity index (χ2n) is 6.75. The first-order valence-electron chi connectivity index (χ1n) is 8.49. The Kier molecular flexibility index (Phi) is 10.5. The van der Waals surface area contributed by atoms with Gasteiger partial charge in [0.05, 0.1) is 24.4 Å². The van der Waals surface area contributed by atoms with E-state index in [-0.39, 0.29) is 37.4 Å². The highest BCUT2D eigenvalue weighted by atomic mass is 31.2. The topological polar surface area (TPSA) is 97.1 Å². The normalized spacial score (nSPS) is 13.9. The first kappa shape index (κ1) is 24.3. The van der Waals surface area contributed by atoms with E-state index in [9.17, 15) is 9.13 Å². The van der Waals surface area contributed by atoms with Crippen molar-refractivity contribution in [1.29, 1.82) is 0 Å². The first-order valence-corrected chi connectivity index (χ1v) is 11.7. The fourth-order valence-corrected chi connectivity index (χ4v) is 8.13. The van der Waals surface area contributed by atoms with Crippen LogP contribution in [-0.4, -0.2) is 36.4 Å². The van der Waals surface area contributed by atoms with Gasteiger partial charge in [0.25, 0.3) is 0 Å². The van der Waals surface area contributed by atoms with Gasteiger partial charge in [-0.1, -0.05) is 0 Å². The van der Waals surface area contributed by atoms with Gasteiger partial charge in [0.15, 0.2) is 5.40 Å². The summed E-state index contributed by atoms with van der Waals surface area (Å²) in [6.45, 7) is 14.1. The summed E-state index contributed by atoms with van der Waals surface area (Å²) in [5, 5.41) is -1.07. The molecule has 24 heavy (non-hydrogen) atoms. The first-order chi connectivity index (χ1) is 10.9. The van der Waals surface area contributed by atoms with Gasteiger partial charge in [0.2, 0.25) is 0 Å². The molecule has 0 aromatic heterocycles. The molecule has 146 valence electrons. The molecule has 0 radical (unpaired) electrons. The molecule has 0 aliphatic rings. The molecule has 0 spiro atoms. The van der Waals surface area contributed by atoms with E-state index in [1.807, 2.05) is 0 Å². The van der Waals surface area contributed by atoms with Crippen molar-refractivity contribution in [2.45, 2.75) is 91.6 Å². The molecule has 0 rings (SSSR count). The molecule has 2 N–H and O–H groups in total. The van der Waals surface area contributed by atoms with E-state index in [0.717, 1.165) is 0 Å². The third kappa shape index (κ3) is 8.09. The second-order valence-corrected chi connectivity index (χ2v) is 11.4. The summed E-state index contributed by atoms with van der Waals surface area (Å²) in [5.74, 6) is 0. The molecule has 0 unspecified atom stereocenters. The number of nitrogens with two attached hydrogens (primary N) is 1. The molecule has 0 aliphatic carbocycles. The van der Waals surface area contributed by atoms with Crippen molar-refractivity contribution in [2.75, 3.05) is 6.54 Å². The highest BCUT2D eigenvalue weighted by Crippen LogP contribution is 2.72. The van der Waals surface area contributed by atoms with Gasteiger partial charge in [-0.2, -0.15) is 0 Å². The van der Waals surface area contributed by atoms with Crippen LogP contribution in [0.25, 0.3) is 0 Å². The van der Waals surface area contributed by atoms with Gasteiger partial charge in [-0.3, -0.25) is 9.13 Å². The van der Waals surface area contributed by atoms with Crippen LogP contribution in [0.1, 0.15) is 61.8 Å². The standard InChI is InChI=1S/C15H35NO6P2/c1-11(2)19-23(17,20-12(3)4)15(9-10-16)24(18,21-13(5)6)22-14(7)8/h11-15H,9-10,16H2,1-8H3. The van der Waals surface area contributed by atoms with Crippen molar-refractivity contribution in [3.63, 3.8) is 0 Å². The lowest BCUT2D eigenvalue weighted by atomic mass is 10.5. The maximum atomic E-state index is 13.5. The Hall–Kier alpha value is 0.260. The molecular weight excluding hydrogens is 352 g/mol. The largest absolute Gasteiger partial charge is 0.346 e. The highest BCUT2D eigenvalue weighted by molar-refractivity contribution is 7.72. The van der Waals surface area contributed by atoms with E-state index < -0.39 is 20.6 Å². The lowest BCUT2D eigenvalue weighted by Gasteiger charge is -2.35. The molecule has 0 aromatic carbocycles. The molecule has 0 amide bonds. The van der Waals surface area contributed by atoms with Crippen LogP contribution in [0.5, 0.6) is 0 Å². The Balaban J connectivity index is 6.02. The van der Waals surface area contributed by atoms with Crippen LogP contribution in [0.4, 0.5) is 0 Å². The van der Waals surface area contributed by atoms with Crippen LogP contribution in [-0.2, 0) is 27.2 Å². The summed E-state index contributed by atoms with van der Waals surface area (Å²) in [6, 6.07) is 0. The van der Waals surface area contributed by atoms with Crippen molar-refractivity contribution in [3.8, 4) is 0 Å². The predicted molar refractivity (Wildman–Crippen MR) is 97.6 cm³/mol. The van der Waals surface area contributed by atoms with Gasteiger partial charge in [-0.05, 0) is 68.4 Å². The van der Waals surface area contributed by atoms with E-state index >= 15 is 0 Å². The summed E-state index contributed by atoms with van der Waals surface area (Å²) in [4.78, 5) is 0. The van der Waals surface area contributed by atoms with Gasteiger partial charge in [0.1, 0.15) is 0 Å². The van der Waals surface area contributed by atoms with Gasteiger partial charge in [-0.15, -0.1) is 0 Å². The zero-order chi connectivity index (χ0) is 19.1. The van der Waals surface area contributed by atoms with E-state index in [1.165, 1.54) is 0 Å². The van der Waals surface area contributed by atoms with E-state index in [2.05, 4.69) is 0 Å². The molecule has 0 aliphatic heterocycles. The third-order valence-electron chi connectivity index (χ3n) is 2.59. The van der Waals surface area contributed by atoms with E-state index in [4.69, 9.17) is 23.8 Å². The number of hydrogen-bond donors (Lipinski definition) is 1. The zero-order valence-corrected chi connectivity index (χ0v) is 18.0. The maximum absolute atomic E-state index is 13.5. The van der Waals surface area contributed by atoms with Crippen LogP contribution in [0.15, 0.2) is 0 Å². The highest BCUT2D eigenvalue weighted by Gasteiger charge is 2.52. The fraction of sp³-hybridized carbons (Fsp3) is 1.00. The van der Waals surface area contributed by atoms with Crippen molar-refractivity contribution in [1.82, 2.24) is 0 Å². The molecule has 0 aromatic rings. The summed E-state index contributed by atoms with van der Waals surface area (Å²) in [7, 11) is -7.57. The van der Waals surface area contributed by atoms with Crippen LogP contribution >= 0.6 is 15.2 Å². The lowest BCUT2D eigenvalue weighted by molar-refractivity contribution is 0.122. The third-order valence-corrected chi connectivity index (χ3v) is 9.12. The minimum absolute atomic E-state index is 0.146. The smallest absolute Gasteiger partial charge is 0.330 e.